The normalized spacial score (nSPS) is 10.9. The molecule has 0 saturated carbocycles. The van der Waals surface area contributed by atoms with Crippen LogP contribution in [-0.2, 0) is 6.42 Å². The van der Waals surface area contributed by atoms with Gasteiger partial charge < -0.3 is 10.7 Å². The van der Waals surface area contributed by atoms with Gasteiger partial charge in [0, 0.05) is 17.3 Å². The molecule has 0 aliphatic carbocycles. The summed E-state index contributed by atoms with van der Waals surface area (Å²) in [4.78, 5) is 7.36. The molecule has 0 spiro atoms. The smallest absolute Gasteiger partial charge is 0.0645 e. The monoisotopic (exact) mass is 175 g/mol. The molecule has 2 aromatic rings. The molecule has 0 unspecified atom stereocenters. The first kappa shape index (κ1) is 8.26. The van der Waals surface area contributed by atoms with E-state index in [4.69, 9.17) is 5.73 Å². The van der Waals surface area contributed by atoms with Crippen molar-refractivity contribution in [2.75, 3.05) is 6.54 Å². The van der Waals surface area contributed by atoms with E-state index in [0.29, 0.717) is 6.54 Å². The zero-order valence-corrected chi connectivity index (χ0v) is 7.67. The Labute approximate surface area is 77.0 Å². The van der Waals surface area contributed by atoms with Crippen LogP contribution in [-0.4, -0.2) is 16.5 Å². The fourth-order valence-corrected chi connectivity index (χ4v) is 1.70. The molecule has 0 saturated heterocycles. The lowest BCUT2D eigenvalue weighted by Gasteiger charge is -1.96. The quantitative estimate of drug-likeness (QED) is 0.724. The Morgan fingerprint density at radius 2 is 2.38 bits per heavy atom. The van der Waals surface area contributed by atoms with Crippen LogP contribution in [0.3, 0.4) is 0 Å². The molecule has 2 heterocycles. The zero-order chi connectivity index (χ0) is 9.26. The minimum absolute atomic E-state index is 0.691. The van der Waals surface area contributed by atoms with Crippen LogP contribution < -0.4 is 5.73 Å². The van der Waals surface area contributed by atoms with Gasteiger partial charge in [-0.3, -0.25) is 4.98 Å². The molecular formula is C10H13N3. The Balaban J connectivity index is 2.64. The molecule has 13 heavy (non-hydrogen) atoms. The van der Waals surface area contributed by atoms with Crippen molar-refractivity contribution in [2.24, 2.45) is 5.73 Å². The largest absolute Gasteiger partial charge is 0.357 e. The highest BCUT2D eigenvalue weighted by atomic mass is 14.8. The van der Waals surface area contributed by atoms with Crippen LogP contribution in [0.4, 0.5) is 0 Å². The second-order valence-electron chi connectivity index (χ2n) is 3.19. The van der Waals surface area contributed by atoms with E-state index in [1.54, 1.807) is 0 Å². The van der Waals surface area contributed by atoms with Gasteiger partial charge in [-0.25, -0.2) is 0 Å². The molecule has 0 aliphatic heterocycles. The summed E-state index contributed by atoms with van der Waals surface area (Å²) in [6.07, 6.45) is 4.59. The van der Waals surface area contributed by atoms with Crippen LogP contribution >= 0.6 is 0 Å². The van der Waals surface area contributed by atoms with Gasteiger partial charge in [-0.05, 0) is 31.5 Å². The van der Waals surface area contributed by atoms with E-state index < -0.39 is 0 Å². The third-order valence-corrected chi connectivity index (χ3v) is 2.32. The van der Waals surface area contributed by atoms with Crippen molar-refractivity contribution in [1.29, 1.82) is 0 Å². The molecule has 3 nitrogen and oxygen atoms in total. The predicted molar refractivity (Wildman–Crippen MR) is 53.6 cm³/mol. The number of hydrogen-bond acceptors (Lipinski definition) is 2. The first-order chi connectivity index (χ1) is 6.33. The molecule has 0 fully saturated rings. The van der Waals surface area contributed by atoms with Crippen LogP contribution in [0.25, 0.3) is 10.9 Å². The number of aryl methyl sites for hydroxylation is 1. The van der Waals surface area contributed by atoms with Gasteiger partial charge in [0.1, 0.15) is 0 Å². The van der Waals surface area contributed by atoms with Crippen molar-refractivity contribution in [3.8, 4) is 0 Å². The van der Waals surface area contributed by atoms with Gasteiger partial charge in [-0.2, -0.15) is 0 Å². The Kier molecular flexibility index (Phi) is 2.02. The summed E-state index contributed by atoms with van der Waals surface area (Å²) in [5.41, 5.74) is 9.17. The van der Waals surface area contributed by atoms with Gasteiger partial charge in [0.2, 0.25) is 0 Å². The van der Waals surface area contributed by atoms with Gasteiger partial charge in [-0.15, -0.1) is 0 Å². The maximum Gasteiger partial charge on any atom is 0.0645 e. The number of fused-ring (bicyclic) bond motifs is 1. The summed E-state index contributed by atoms with van der Waals surface area (Å²) in [6, 6.07) is 2.03. The van der Waals surface area contributed by atoms with E-state index in [1.165, 1.54) is 16.6 Å². The van der Waals surface area contributed by atoms with Gasteiger partial charge in [0.15, 0.2) is 0 Å². The van der Waals surface area contributed by atoms with E-state index >= 15 is 0 Å². The van der Waals surface area contributed by atoms with E-state index in [1.807, 2.05) is 18.5 Å². The van der Waals surface area contributed by atoms with Crippen molar-refractivity contribution >= 4 is 10.9 Å². The summed E-state index contributed by atoms with van der Waals surface area (Å²) in [5, 5.41) is 1.25. The highest BCUT2D eigenvalue weighted by molar-refractivity contribution is 5.83. The summed E-state index contributed by atoms with van der Waals surface area (Å²) >= 11 is 0. The first-order valence-electron chi connectivity index (χ1n) is 4.44. The van der Waals surface area contributed by atoms with E-state index in [0.717, 1.165) is 11.9 Å². The molecule has 3 heteroatoms. The van der Waals surface area contributed by atoms with Crippen molar-refractivity contribution in [3.63, 3.8) is 0 Å². The Hall–Kier alpha value is -1.35. The van der Waals surface area contributed by atoms with Gasteiger partial charge in [-0.1, -0.05) is 0 Å². The lowest BCUT2D eigenvalue weighted by atomic mass is 10.1. The van der Waals surface area contributed by atoms with Crippen LogP contribution in [0.5, 0.6) is 0 Å². The number of H-pyrrole nitrogens is 1. The van der Waals surface area contributed by atoms with Crippen molar-refractivity contribution < 1.29 is 0 Å². The molecule has 0 amide bonds. The number of nitrogens with zero attached hydrogens (tertiary/aromatic N) is 1. The Morgan fingerprint density at radius 3 is 3.15 bits per heavy atom. The molecular weight excluding hydrogens is 162 g/mol. The second kappa shape index (κ2) is 3.18. The Morgan fingerprint density at radius 1 is 1.54 bits per heavy atom. The summed E-state index contributed by atoms with van der Waals surface area (Å²) < 4.78 is 0. The van der Waals surface area contributed by atoms with E-state index in [2.05, 4.69) is 16.9 Å². The van der Waals surface area contributed by atoms with Crippen LogP contribution in [0.2, 0.25) is 0 Å². The minimum Gasteiger partial charge on any atom is -0.357 e. The summed E-state index contributed by atoms with van der Waals surface area (Å²) in [6.45, 7) is 2.76. The predicted octanol–water partition coefficient (Wildman–Crippen LogP) is 1.37. The second-order valence-corrected chi connectivity index (χ2v) is 3.19. The van der Waals surface area contributed by atoms with Crippen LogP contribution in [0.15, 0.2) is 18.5 Å². The number of pyridine rings is 1. The summed E-state index contributed by atoms with van der Waals surface area (Å²) in [7, 11) is 0. The fourth-order valence-electron chi connectivity index (χ4n) is 1.70. The minimum atomic E-state index is 0.691. The molecule has 2 aromatic heterocycles. The molecule has 0 radical (unpaired) electrons. The van der Waals surface area contributed by atoms with Crippen LogP contribution in [0.1, 0.15) is 11.3 Å². The maximum absolute atomic E-state index is 5.55. The van der Waals surface area contributed by atoms with Crippen molar-refractivity contribution in [2.45, 2.75) is 13.3 Å². The molecule has 0 bridgehead atoms. The molecule has 0 aromatic carbocycles. The van der Waals surface area contributed by atoms with Gasteiger partial charge >= 0.3 is 0 Å². The molecule has 0 atom stereocenters. The number of hydrogen-bond donors (Lipinski definition) is 2. The number of rotatable bonds is 2. The maximum atomic E-state index is 5.55. The molecule has 3 N–H and O–H groups in total. The third kappa shape index (κ3) is 1.31. The molecule has 68 valence electrons. The molecule has 0 aliphatic rings. The lowest BCUT2D eigenvalue weighted by Crippen LogP contribution is -2.03. The fraction of sp³-hybridized carbons (Fsp3) is 0.300. The van der Waals surface area contributed by atoms with Gasteiger partial charge in [0.05, 0.1) is 11.7 Å². The van der Waals surface area contributed by atoms with E-state index in [-0.39, 0.29) is 0 Å². The van der Waals surface area contributed by atoms with Crippen LogP contribution in [0, 0.1) is 6.92 Å². The van der Waals surface area contributed by atoms with Crippen molar-refractivity contribution in [1.82, 2.24) is 9.97 Å². The lowest BCUT2D eigenvalue weighted by molar-refractivity contribution is 0.963. The summed E-state index contributed by atoms with van der Waals surface area (Å²) in [5.74, 6) is 0. The number of nitrogens with one attached hydrogen (secondary N) is 1. The van der Waals surface area contributed by atoms with Crippen molar-refractivity contribution in [3.05, 3.63) is 29.7 Å². The zero-order valence-electron chi connectivity index (χ0n) is 7.67. The third-order valence-electron chi connectivity index (χ3n) is 2.32. The average molecular weight is 175 g/mol. The number of aromatic nitrogens is 2. The van der Waals surface area contributed by atoms with E-state index in [9.17, 15) is 0 Å². The highest BCUT2D eigenvalue weighted by Gasteiger charge is 2.06. The number of aromatic amines is 1. The highest BCUT2D eigenvalue weighted by Crippen LogP contribution is 2.20. The Bertz CT molecular complexity index is 417. The molecule has 2 rings (SSSR count). The first-order valence-corrected chi connectivity index (χ1v) is 4.44. The number of nitrogens with two attached hydrogens (primary N) is 1. The van der Waals surface area contributed by atoms with Gasteiger partial charge in [0.25, 0.3) is 0 Å². The standard InChI is InChI=1S/C10H13N3/c1-7-8(2-4-11)9-3-5-12-6-10(9)13-7/h3,5-6,13H,2,4,11H2,1H3. The average Bonchev–Trinajstić information content (AvgIpc) is 2.44. The topological polar surface area (TPSA) is 54.7 Å². The SMILES string of the molecule is Cc1[nH]c2cnccc2c1CCN.